The number of methoxy groups -OCH3 is 1. The largest absolute Gasteiger partial charge is 0.465 e. The summed E-state index contributed by atoms with van der Waals surface area (Å²) in [6.45, 7) is 2.77. The molecule has 0 amide bonds. The van der Waals surface area contributed by atoms with Gasteiger partial charge in [0, 0.05) is 29.6 Å². The number of ketones is 1. The SMILES string of the molecule is COC(=O)c1cccc2c1c1c(n2Cc2cccc(Cc3ccccc3)c2)CC(C)CC1=O. The Morgan fingerprint density at radius 2 is 1.67 bits per heavy atom. The minimum absolute atomic E-state index is 0.113. The van der Waals surface area contributed by atoms with E-state index in [1.54, 1.807) is 6.07 Å². The molecule has 0 aliphatic heterocycles. The Bertz CT molecular complexity index is 1350. The van der Waals surface area contributed by atoms with Crippen molar-refractivity contribution in [2.24, 2.45) is 5.92 Å². The predicted octanol–water partition coefficient (Wildman–Crippen LogP) is 5.83. The van der Waals surface area contributed by atoms with Gasteiger partial charge in [0.05, 0.1) is 18.2 Å². The van der Waals surface area contributed by atoms with Gasteiger partial charge in [-0.3, -0.25) is 4.79 Å². The number of carbonyl (C=O) groups is 2. The lowest BCUT2D eigenvalue weighted by Crippen LogP contribution is -2.20. The molecule has 3 aromatic carbocycles. The van der Waals surface area contributed by atoms with E-state index in [1.165, 1.54) is 23.8 Å². The fourth-order valence-electron chi connectivity index (χ4n) is 5.10. The molecule has 1 unspecified atom stereocenters. The van der Waals surface area contributed by atoms with Crippen molar-refractivity contribution in [2.45, 2.75) is 32.7 Å². The minimum Gasteiger partial charge on any atom is -0.465 e. The van der Waals surface area contributed by atoms with E-state index in [1.807, 2.05) is 18.2 Å². The maximum Gasteiger partial charge on any atom is 0.338 e. The quantitative estimate of drug-likeness (QED) is 0.369. The van der Waals surface area contributed by atoms with Crippen LogP contribution in [0.15, 0.2) is 72.8 Å². The average Bonchev–Trinajstić information content (AvgIpc) is 3.13. The Labute approximate surface area is 193 Å². The monoisotopic (exact) mass is 437 g/mol. The zero-order valence-electron chi connectivity index (χ0n) is 19.0. The lowest BCUT2D eigenvalue weighted by molar-refractivity contribution is 0.0603. The van der Waals surface area contributed by atoms with E-state index in [9.17, 15) is 9.59 Å². The molecule has 0 saturated carbocycles. The number of carbonyl (C=O) groups excluding carboxylic acids is 2. The van der Waals surface area contributed by atoms with E-state index in [-0.39, 0.29) is 11.7 Å². The van der Waals surface area contributed by atoms with Gasteiger partial charge in [0.15, 0.2) is 5.78 Å². The summed E-state index contributed by atoms with van der Waals surface area (Å²) in [5, 5.41) is 0.733. The Balaban J connectivity index is 1.61. The van der Waals surface area contributed by atoms with E-state index in [0.29, 0.717) is 24.1 Å². The van der Waals surface area contributed by atoms with Crippen molar-refractivity contribution in [3.05, 3.63) is 106 Å². The lowest BCUT2D eigenvalue weighted by Gasteiger charge is -2.20. The van der Waals surface area contributed by atoms with Gasteiger partial charge in [-0.15, -0.1) is 0 Å². The van der Waals surface area contributed by atoms with E-state index in [4.69, 9.17) is 4.74 Å². The van der Waals surface area contributed by atoms with Crippen molar-refractivity contribution >= 4 is 22.7 Å². The van der Waals surface area contributed by atoms with Gasteiger partial charge in [0.2, 0.25) is 0 Å². The van der Waals surface area contributed by atoms with Crippen LogP contribution in [-0.2, 0) is 24.1 Å². The van der Waals surface area contributed by atoms with Crippen LogP contribution in [0, 0.1) is 5.92 Å². The molecule has 0 radical (unpaired) electrons. The van der Waals surface area contributed by atoms with Crippen LogP contribution in [0.4, 0.5) is 0 Å². The van der Waals surface area contributed by atoms with Crippen LogP contribution in [0.1, 0.15) is 56.4 Å². The Hall–Kier alpha value is -3.66. The Morgan fingerprint density at radius 1 is 0.939 bits per heavy atom. The van der Waals surface area contributed by atoms with E-state index < -0.39 is 5.97 Å². The van der Waals surface area contributed by atoms with Crippen molar-refractivity contribution in [1.82, 2.24) is 4.57 Å². The van der Waals surface area contributed by atoms with Crippen molar-refractivity contribution < 1.29 is 14.3 Å². The molecule has 166 valence electrons. The summed E-state index contributed by atoms with van der Waals surface area (Å²) in [5.74, 6) is -0.0161. The van der Waals surface area contributed by atoms with Crippen LogP contribution in [0.3, 0.4) is 0 Å². The second kappa shape index (κ2) is 8.70. The highest BCUT2D eigenvalue weighted by Crippen LogP contribution is 2.37. The normalized spacial score (nSPS) is 15.5. The first kappa shape index (κ1) is 21.2. The first-order chi connectivity index (χ1) is 16.0. The highest BCUT2D eigenvalue weighted by molar-refractivity contribution is 6.16. The highest BCUT2D eigenvalue weighted by atomic mass is 16.5. The molecule has 1 aliphatic carbocycles. The molecule has 4 aromatic rings. The van der Waals surface area contributed by atoms with Gasteiger partial charge < -0.3 is 9.30 Å². The number of esters is 1. The van der Waals surface area contributed by atoms with Crippen molar-refractivity contribution in [1.29, 1.82) is 0 Å². The Kier molecular flexibility index (Phi) is 5.59. The molecule has 0 bridgehead atoms. The molecular formula is C29H27NO3. The molecular weight excluding hydrogens is 410 g/mol. The molecule has 4 heteroatoms. The molecule has 0 fully saturated rings. The molecule has 0 spiro atoms. The molecule has 1 heterocycles. The summed E-state index contributed by atoms with van der Waals surface area (Å²) >= 11 is 0. The van der Waals surface area contributed by atoms with Crippen LogP contribution < -0.4 is 0 Å². The predicted molar refractivity (Wildman–Crippen MR) is 130 cm³/mol. The van der Waals surface area contributed by atoms with Crippen molar-refractivity contribution in [2.75, 3.05) is 7.11 Å². The third-order valence-corrected chi connectivity index (χ3v) is 6.54. The summed E-state index contributed by atoms with van der Waals surface area (Å²) in [6, 6.07) is 24.7. The molecule has 5 rings (SSSR count). The number of Topliss-reactive ketones (excluding diaryl/α,β-unsaturated/α-hetero) is 1. The van der Waals surface area contributed by atoms with Crippen LogP contribution in [0.25, 0.3) is 10.9 Å². The van der Waals surface area contributed by atoms with Gasteiger partial charge in [-0.25, -0.2) is 4.79 Å². The average molecular weight is 438 g/mol. The lowest BCUT2D eigenvalue weighted by atomic mass is 9.86. The summed E-state index contributed by atoms with van der Waals surface area (Å²) in [4.78, 5) is 25.7. The number of hydrogen-bond acceptors (Lipinski definition) is 3. The van der Waals surface area contributed by atoms with Gasteiger partial charge >= 0.3 is 5.97 Å². The van der Waals surface area contributed by atoms with E-state index in [0.717, 1.165) is 29.4 Å². The van der Waals surface area contributed by atoms with Crippen molar-refractivity contribution in [3.63, 3.8) is 0 Å². The topological polar surface area (TPSA) is 48.3 Å². The van der Waals surface area contributed by atoms with Crippen LogP contribution in [0.2, 0.25) is 0 Å². The first-order valence-corrected chi connectivity index (χ1v) is 11.4. The summed E-state index contributed by atoms with van der Waals surface area (Å²) in [7, 11) is 1.38. The number of aromatic nitrogens is 1. The van der Waals surface area contributed by atoms with Crippen LogP contribution in [0.5, 0.6) is 0 Å². The summed E-state index contributed by atoms with van der Waals surface area (Å²) in [5.41, 5.74) is 6.81. The third-order valence-electron chi connectivity index (χ3n) is 6.54. The van der Waals surface area contributed by atoms with Gasteiger partial charge in [0.1, 0.15) is 0 Å². The fraction of sp³-hybridized carbons (Fsp3) is 0.241. The molecule has 0 N–H and O–H groups in total. The number of ether oxygens (including phenoxy) is 1. The maximum atomic E-state index is 13.1. The Morgan fingerprint density at radius 3 is 2.45 bits per heavy atom. The zero-order valence-corrected chi connectivity index (χ0v) is 19.0. The third kappa shape index (κ3) is 3.97. The minimum atomic E-state index is -0.406. The van der Waals surface area contributed by atoms with Crippen molar-refractivity contribution in [3.8, 4) is 0 Å². The van der Waals surface area contributed by atoms with Gasteiger partial charge in [-0.2, -0.15) is 0 Å². The second-order valence-corrected chi connectivity index (χ2v) is 9.02. The summed E-state index contributed by atoms with van der Waals surface area (Å²) in [6.07, 6.45) is 2.20. The highest BCUT2D eigenvalue weighted by Gasteiger charge is 2.31. The number of benzene rings is 3. The molecule has 4 nitrogen and oxygen atoms in total. The molecule has 1 aromatic heterocycles. The van der Waals surface area contributed by atoms with E-state index >= 15 is 0 Å². The molecule has 1 aliphatic rings. The second-order valence-electron chi connectivity index (χ2n) is 9.02. The maximum absolute atomic E-state index is 13.1. The first-order valence-electron chi connectivity index (χ1n) is 11.4. The number of hydrogen-bond donors (Lipinski definition) is 0. The number of nitrogens with zero attached hydrogens (tertiary/aromatic N) is 1. The summed E-state index contributed by atoms with van der Waals surface area (Å²) < 4.78 is 7.26. The molecule has 1 atom stereocenters. The zero-order chi connectivity index (χ0) is 22.9. The smallest absolute Gasteiger partial charge is 0.338 e. The van der Waals surface area contributed by atoms with Gasteiger partial charge in [0.25, 0.3) is 0 Å². The van der Waals surface area contributed by atoms with Gasteiger partial charge in [-0.1, -0.05) is 67.6 Å². The van der Waals surface area contributed by atoms with Gasteiger partial charge in [-0.05, 0) is 47.6 Å². The molecule has 33 heavy (non-hydrogen) atoms. The standard InChI is InChI=1S/C29H27NO3/c1-19-14-25-28(26(31)15-19)27-23(29(32)33-2)12-7-13-24(27)30(25)18-22-11-6-10-21(17-22)16-20-8-4-3-5-9-20/h3-13,17,19H,14-16,18H2,1-2H3. The fourth-order valence-corrected chi connectivity index (χ4v) is 5.10. The molecule has 0 saturated heterocycles. The van der Waals surface area contributed by atoms with Crippen LogP contribution in [-0.4, -0.2) is 23.4 Å². The van der Waals surface area contributed by atoms with E-state index in [2.05, 4.69) is 60.0 Å². The number of rotatable bonds is 5. The number of fused-ring (bicyclic) bond motifs is 3. The van der Waals surface area contributed by atoms with Crippen LogP contribution >= 0.6 is 0 Å².